The molecule has 1 aromatic carbocycles. The van der Waals surface area contributed by atoms with E-state index in [0.29, 0.717) is 28.4 Å². The highest BCUT2D eigenvalue weighted by Gasteiger charge is 2.75. The third kappa shape index (κ3) is 5.10. The van der Waals surface area contributed by atoms with Gasteiger partial charge in [0.1, 0.15) is 6.10 Å². The van der Waals surface area contributed by atoms with E-state index in [0.717, 1.165) is 17.7 Å². The lowest BCUT2D eigenvalue weighted by atomic mass is 9.98. The second-order valence-electron chi connectivity index (χ2n) is 9.97. The molecule has 2 aromatic heterocycles. The van der Waals surface area contributed by atoms with E-state index in [4.69, 9.17) is 11.6 Å². The van der Waals surface area contributed by atoms with Crippen LogP contribution in [-0.4, -0.2) is 61.4 Å². The number of halogens is 3. The Morgan fingerprint density at radius 1 is 1.29 bits per heavy atom. The molecular weight excluding hydrogens is 554 g/mol. The Labute approximate surface area is 239 Å². The van der Waals surface area contributed by atoms with Crippen molar-refractivity contribution >= 4 is 34.5 Å². The number of hydrogen-bond acceptors (Lipinski definition) is 7. The quantitative estimate of drug-likeness (QED) is 0.250. The molecule has 2 saturated carbocycles. The van der Waals surface area contributed by atoms with Crippen molar-refractivity contribution in [3.8, 4) is 11.8 Å². The molecule has 0 saturated heterocycles. The van der Waals surface area contributed by atoms with E-state index in [1.807, 2.05) is 19.1 Å². The number of carbonyl (C=O) groups excluding carboxylic acids is 1. The van der Waals surface area contributed by atoms with Gasteiger partial charge >= 0.3 is 0 Å². The third-order valence-electron chi connectivity index (χ3n) is 7.49. The van der Waals surface area contributed by atoms with E-state index < -0.39 is 35.3 Å². The predicted octanol–water partition coefficient (Wildman–Crippen LogP) is 3.20. The van der Waals surface area contributed by atoms with E-state index in [-0.39, 0.29) is 29.8 Å². The average molecular weight is 581 g/mol. The van der Waals surface area contributed by atoms with Crippen LogP contribution in [0.5, 0.6) is 0 Å². The zero-order chi connectivity index (χ0) is 29.5. The van der Waals surface area contributed by atoms with Crippen LogP contribution < -0.4 is 10.6 Å². The minimum Gasteiger partial charge on any atom is -0.389 e. The molecule has 5 rings (SSSR count). The molecule has 0 spiro atoms. The summed E-state index contributed by atoms with van der Waals surface area (Å²) in [7, 11) is 1.49. The number of nitrogens with zero attached hydrogens (tertiary/aromatic N) is 4. The monoisotopic (exact) mass is 580 g/mol. The maximum Gasteiger partial charge on any atom is 0.229 e. The first-order chi connectivity index (χ1) is 19.6. The summed E-state index contributed by atoms with van der Waals surface area (Å²) < 4.78 is 28.7. The maximum absolute atomic E-state index is 13.7. The van der Waals surface area contributed by atoms with Crippen LogP contribution >= 0.6 is 11.6 Å². The molecule has 3 aromatic rings. The number of anilines is 1. The molecular formula is C29H27ClF2N6O3. The summed E-state index contributed by atoms with van der Waals surface area (Å²) in [5.74, 6) is 3.20. The Kier molecular flexibility index (Phi) is 7.66. The number of carbonyl (C=O) groups is 1. The highest BCUT2D eigenvalue weighted by molar-refractivity contribution is 6.30. The van der Waals surface area contributed by atoms with Crippen LogP contribution in [0, 0.1) is 34.8 Å². The summed E-state index contributed by atoms with van der Waals surface area (Å²) in [6, 6.07) is 2.61. The molecule has 2 aliphatic carbocycles. The van der Waals surface area contributed by atoms with Crippen molar-refractivity contribution in [1.82, 2.24) is 24.8 Å². The lowest BCUT2D eigenvalue weighted by molar-refractivity contribution is -0.132. The van der Waals surface area contributed by atoms with Gasteiger partial charge in [-0.1, -0.05) is 36.3 Å². The summed E-state index contributed by atoms with van der Waals surface area (Å²) in [6.45, 7) is 5.85. The largest absolute Gasteiger partial charge is 0.389 e. The first kappa shape index (κ1) is 28.4. The maximum atomic E-state index is 13.7. The molecule has 4 N–H and O–H groups in total. The van der Waals surface area contributed by atoms with E-state index in [9.17, 15) is 23.8 Å². The molecule has 2 fully saturated rings. The van der Waals surface area contributed by atoms with Crippen molar-refractivity contribution in [1.29, 1.82) is 0 Å². The molecule has 5 unspecified atom stereocenters. The molecule has 9 nitrogen and oxygen atoms in total. The Balaban J connectivity index is 1.58. The number of imidazole rings is 1. The van der Waals surface area contributed by atoms with Gasteiger partial charge in [-0.2, -0.15) is 0 Å². The summed E-state index contributed by atoms with van der Waals surface area (Å²) in [6.07, 6.45) is 4.76. The van der Waals surface area contributed by atoms with Gasteiger partial charge in [-0.3, -0.25) is 4.79 Å². The lowest BCUT2D eigenvalue weighted by Crippen LogP contribution is -2.41. The molecule has 1 amide bonds. The van der Waals surface area contributed by atoms with Crippen molar-refractivity contribution < 1.29 is 23.8 Å². The van der Waals surface area contributed by atoms with Crippen LogP contribution in [-0.2, 0) is 4.79 Å². The van der Waals surface area contributed by atoms with E-state index >= 15 is 0 Å². The SMILES string of the molecule is C=C(Cl)C=C(C=CC)CNc1nc(C#Cc2ccc(F)c(F)c2)nc2c1ncn2C1C(O)C(O)C2(C(=O)NC)CC12. The molecule has 0 bridgehead atoms. The topological polar surface area (TPSA) is 125 Å². The molecule has 12 heteroatoms. The zero-order valence-electron chi connectivity index (χ0n) is 22.2. The number of allylic oxidation sites excluding steroid dienone is 3. The first-order valence-electron chi connectivity index (χ1n) is 12.8. The Bertz CT molecular complexity index is 1680. The van der Waals surface area contributed by atoms with Crippen molar-refractivity contribution in [3.63, 3.8) is 0 Å². The minimum absolute atomic E-state index is 0.0474. The van der Waals surface area contributed by atoms with Crippen molar-refractivity contribution in [3.05, 3.63) is 83.0 Å². The second-order valence-corrected chi connectivity index (χ2v) is 10.5. The van der Waals surface area contributed by atoms with Crippen molar-refractivity contribution in [2.24, 2.45) is 11.3 Å². The van der Waals surface area contributed by atoms with Gasteiger partial charge in [0.2, 0.25) is 11.7 Å². The molecule has 41 heavy (non-hydrogen) atoms. The molecule has 212 valence electrons. The standard InChI is InChI=1S/C29H27ClF2N6O3/c1-4-5-17(10-15(2)30)13-34-26-22-27(37-21(36-26)9-7-16-6-8-19(31)20(32)11-16)38(14-35-22)23-18-12-29(18,28(41)33-3)25(40)24(23)39/h4-6,8,10-11,14,18,23-25,39-40H,2,12-13H2,1,3H3,(H,33,41)(H,34,36,37). The first-order valence-corrected chi connectivity index (χ1v) is 13.2. The van der Waals surface area contributed by atoms with Crippen molar-refractivity contribution in [2.75, 3.05) is 18.9 Å². The van der Waals surface area contributed by atoms with Gasteiger partial charge in [0.05, 0.1) is 23.9 Å². The summed E-state index contributed by atoms with van der Waals surface area (Å²) >= 11 is 5.98. The number of rotatable bonds is 7. The molecule has 0 radical (unpaired) electrons. The Morgan fingerprint density at radius 2 is 2.07 bits per heavy atom. The fourth-order valence-corrected chi connectivity index (χ4v) is 5.70. The number of fused-ring (bicyclic) bond motifs is 2. The van der Waals surface area contributed by atoms with Crippen LogP contribution in [0.4, 0.5) is 14.6 Å². The smallest absolute Gasteiger partial charge is 0.229 e. The normalized spacial score (nSPS) is 25.1. The lowest BCUT2D eigenvalue weighted by Gasteiger charge is -2.23. The molecule has 2 aliphatic rings. The fourth-order valence-electron chi connectivity index (χ4n) is 5.56. The van der Waals surface area contributed by atoms with Gasteiger partial charge in [0.15, 0.2) is 28.6 Å². The summed E-state index contributed by atoms with van der Waals surface area (Å²) in [5, 5.41) is 28.0. The van der Waals surface area contributed by atoms with Gasteiger partial charge in [0, 0.05) is 30.1 Å². The Morgan fingerprint density at radius 3 is 2.76 bits per heavy atom. The van der Waals surface area contributed by atoms with Gasteiger partial charge in [-0.15, -0.1) is 0 Å². The Hall–Kier alpha value is -4.11. The van der Waals surface area contributed by atoms with Crippen molar-refractivity contribution in [2.45, 2.75) is 31.6 Å². The zero-order valence-corrected chi connectivity index (χ0v) is 23.0. The van der Waals surface area contributed by atoms with Crippen LogP contribution in [0.25, 0.3) is 11.2 Å². The van der Waals surface area contributed by atoms with Gasteiger partial charge in [-0.05, 0) is 49.1 Å². The van der Waals surface area contributed by atoms with Crippen LogP contribution in [0.2, 0.25) is 0 Å². The average Bonchev–Trinajstić information content (AvgIpc) is 3.48. The van der Waals surface area contributed by atoms with E-state index in [1.54, 1.807) is 10.6 Å². The second kappa shape index (κ2) is 11.0. The number of aromatic nitrogens is 4. The van der Waals surface area contributed by atoms with Crippen LogP contribution in [0.1, 0.15) is 30.8 Å². The predicted molar refractivity (Wildman–Crippen MR) is 150 cm³/mol. The fraction of sp³-hybridized carbons (Fsp3) is 0.310. The highest BCUT2D eigenvalue weighted by atomic mass is 35.5. The van der Waals surface area contributed by atoms with Gasteiger partial charge in [0.25, 0.3) is 0 Å². The summed E-state index contributed by atoms with van der Waals surface area (Å²) in [5.41, 5.74) is 0.613. The number of hydrogen-bond donors (Lipinski definition) is 4. The van der Waals surface area contributed by atoms with E-state index in [2.05, 4.69) is 44.0 Å². The number of nitrogens with one attached hydrogen (secondary N) is 2. The summed E-state index contributed by atoms with van der Waals surface area (Å²) in [4.78, 5) is 26.2. The van der Waals surface area contributed by atoms with Crippen LogP contribution in [0.3, 0.4) is 0 Å². The highest BCUT2D eigenvalue weighted by Crippen LogP contribution is 2.67. The third-order valence-corrected chi connectivity index (χ3v) is 7.60. The van der Waals surface area contributed by atoms with Crippen LogP contribution in [0.15, 0.2) is 59.9 Å². The number of amides is 1. The minimum atomic E-state index is -1.26. The van der Waals surface area contributed by atoms with E-state index in [1.165, 1.54) is 19.4 Å². The molecule has 0 aliphatic heterocycles. The molecule has 2 heterocycles. The number of benzene rings is 1. The number of aliphatic hydroxyl groups is 2. The van der Waals surface area contributed by atoms with Gasteiger partial charge < -0.3 is 25.4 Å². The number of aliphatic hydroxyl groups excluding tert-OH is 2. The van der Waals surface area contributed by atoms with Gasteiger partial charge in [-0.25, -0.2) is 23.7 Å². The molecule has 5 atom stereocenters.